The molecule has 0 saturated carbocycles. The van der Waals surface area contributed by atoms with Gasteiger partial charge in [-0.05, 0) is 29.3 Å². The molecule has 0 bridgehead atoms. The normalized spacial score (nSPS) is 10.4. The first kappa shape index (κ1) is 15.7. The first-order valence-corrected chi connectivity index (χ1v) is 7.41. The molecule has 5 heteroatoms. The van der Waals surface area contributed by atoms with E-state index in [1.165, 1.54) is 0 Å². The average Bonchev–Trinajstić information content (AvgIpc) is 2.48. The fourth-order valence-corrected chi connectivity index (χ4v) is 2.25. The molecule has 0 aliphatic carbocycles. The summed E-state index contributed by atoms with van der Waals surface area (Å²) in [6.45, 7) is 0.897. The Balaban J connectivity index is 1.76. The van der Waals surface area contributed by atoms with Gasteiger partial charge in [-0.2, -0.15) is 0 Å². The molecule has 3 N–H and O–H groups in total. The van der Waals surface area contributed by atoms with Crippen LogP contribution in [0.25, 0.3) is 0 Å². The summed E-state index contributed by atoms with van der Waals surface area (Å²) in [7, 11) is 0. The second kappa shape index (κ2) is 7.93. The van der Waals surface area contributed by atoms with E-state index in [9.17, 15) is 4.79 Å². The fourth-order valence-electron chi connectivity index (χ4n) is 1.85. The number of nitrogens with one attached hydrogen (secondary N) is 2. The first-order valence-electron chi connectivity index (χ1n) is 6.62. The van der Waals surface area contributed by atoms with Gasteiger partial charge in [-0.1, -0.05) is 46.3 Å². The van der Waals surface area contributed by atoms with Crippen LogP contribution in [0.1, 0.15) is 11.1 Å². The molecule has 2 aromatic rings. The van der Waals surface area contributed by atoms with Crippen LogP contribution in [0.5, 0.6) is 0 Å². The molecular weight excluding hydrogens is 332 g/mol. The van der Waals surface area contributed by atoms with Gasteiger partial charge < -0.3 is 15.7 Å². The largest absolute Gasteiger partial charge is 0.392 e. The molecule has 0 spiro atoms. The van der Waals surface area contributed by atoms with E-state index in [-0.39, 0.29) is 19.1 Å². The van der Waals surface area contributed by atoms with Crippen LogP contribution < -0.4 is 10.6 Å². The third-order valence-corrected chi connectivity index (χ3v) is 3.42. The summed E-state index contributed by atoms with van der Waals surface area (Å²) in [4.78, 5) is 11.8. The van der Waals surface area contributed by atoms with Crippen molar-refractivity contribution in [3.8, 4) is 0 Å². The van der Waals surface area contributed by atoms with Crippen LogP contribution in [-0.2, 0) is 17.9 Å². The molecule has 0 aliphatic rings. The third kappa shape index (κ3) is 5.30. The van der Waals surface area contributed by atoms with Crippen LogP contribution in [0.4, 0.5) is 5.69 Å². The quantitative estimate of drug-likeness (QED) is 0.752. The zero-order chi connectivity index (χ0) is 15.1. The van der Waals surface area contributed by atoms with Gasteiger partial charge in [0.2, 0.25) is 5.91 Å². The predicted molar refractivity (Wildman–Crippen MR) is 86.8 cm³/mol. The predicted octanol–water partition coefficient (Wildman–Crippen LogP) is 2.67. The number of aliphatic hydroxyl groups is 1. The van der Waals surface area contributed by atoms with Crippen LogP contribution in [0.3, 0.4) is 0 Å². The van der Waals surface area contributed by atoms with Crippen molar-refractivity contribution in [1.29, 1.82) is 0 Å². The highest BCUT2D eigenvalue weighted by molar-refractivity contribution is 9.10. The van der Waals surface area contributed by atoms with E-state index >= 15 is 0 Å². The summed E-state index contributed by atoms with van der Waals surface area (Å²) in [5.41, 5.74) is 2.72. The molecule has 2 aromatic carbocycles. The highest BCUT2D eigenvalue weighted by Crippen LogP contribution is 2.15. The topological polar surface area (TPSA) is 61.4 Å². The monoisotopic (exact) mass is 348 g/mol. The number of hydrogen-bond donors (Lipinski definition) is 3. The second-order valence-electron chi connectivity index (χ2n) is 4.64. The minimum Gasteiger partial charge on any atom is -0.392 e. The molecule has 110 valence electrons. The van der Waals surface area contributed by atoms with E-state index in [0.717, 1.165) is 21.3 Å². The lowest BCUT2D eigenvalue weighted by atomic mass is 10.1. The molecule has 0 aliphatic heterocycles. The summed E-state index contributed by atoms with van der Waals surface area (Å²) in [5, 5.41) is 14.9. The molecule has 21 heavy (non-hydrogen) atoms. The Hall–Kier alpha value is -1.69. The number of carbonyl (C=O) groups is 1. The first-order chi connectivity index (χ1) is 10.2. The fraction of sp³-hybridized carbons (Fsp3) is 0.188. The van der Waals surface area contributed by atoms with E-state index in [4.69, 9.17) is 5.11 Å². The van der Waals surface area contributed by atoms with E-state index in [1.54, 1.807) is 0 Å². The zero-order valence-corrected chi connectivity index (χ0v) is 13.1. The summed E-state index contributed by atoms with van der Waals surface area (Å²) in [6, 6.07) is 15.1. The number of hydrogen-bond acceptors (Lipinski definition) is 3. The standard InChI is InChI=1S/C16H17BrN2O2/c17-14-2-1-3-15(8-14)19-16(21)10-18-9-12-4-6-13(11-20)7-5-12/h1-8,18,20H,9-11H2,(H,19,21). The number of anilines is 1. The van der Waals surface area contributed by atoms with Gasteiger partial charge in [0.15, 0.2) is 0 Å². The maximum atomic E-state index is 11.8. The lowest BCUT2D eigenvalue weighted by molar-refractivity contribution is -0.115. The molecule has 0 radical (unpaired) electrons. The Morgan fingerprint density at radius 1 is 1.10 bits per heavy atom. The van der Waals surface area contributed by atoms with Crippen LogP contribution >= 0.6 is 15.9 Å². The number of carbonyl (C=O) groups excluding carboxylic acids is 1. The number of halogens is 1. The van der Waals surface area contributed by atoms with E-state index in [2.05, 4.69) is 26.6 Å². The minimum atomic E-state index is -0.0833. The van der Waals surface area contributed by atoms with Gasteiger partial charge in [-0.25, -0.2) is 0 Å². The van der Waals surface area contributed by atoms with Gasteiger partial charge in [-0.3, -0.25) is 4.79 Å². The Labute approximate surface area is 132 Å². The van der Waals surface area contributed by atoms with Crippen LogP contribution in [0, 0.1) is 0 Å². The van der Waals surface area contributed by atoms with Gasteiger partial charge in [0, 0.05) is 16.7 Å². The van der Waals surface area contributed by atoms with Crippen molar-refractivity contribution in [1.82, 2.24) is 5.32 Å². The second-order valence-corrected chi connectivity index (χ2v) is 5.55. The van der Waals surface area contributed by atoms with Crippen molar-refractivity contribution in [2.45, 2.75) is 13.2 Å². The lowest BCUT2D eigenvalue weighted by Gasteiger charge is -2.07. The minimum absolute atomic E-state index is 0.0444. The summed E-state index contributed by atoms with van der Waals surface area (Å²) >= 11 is 3.36. The molecule has 0 unspecified atom stereocenters. The maximum absolute atomic E-state index is 11.8. The molecular formula is C16H17BrN2O2. The van der Waals surface area contributed by atoms with Gasteiger partial charge in [0.1, 0.15) is 0 Å². The molecule has 0 fully saturated rings. The van der Waals surface area contributed by atoms with E-state index < -0.39 is 0 Å². The van der Waals surface area contributed by atoms with Gasteiger partial charge in [-0.15, -0.1) is 0 Å². The van der Waals surface area contributed by atoms with Crippen molar-refractivity contribution in [2.24, 2.45) is 0 Å². The maximum Gasteiger partial charge on any atom is 0.238 e. The zero-order valence-electron chi connectivity index (χ0n) is 11.5. The molecule has 1 amide bonds. The highest BCUT2D eigenvalue weighted by Gasteiger charge is 2.02. The molecule has 0 aromatic heterocycles. The van der Waals surface area contributed by atoms with E-state index in [1.807, 2.05) is 48.5 Å². The smallest absolute Gasteiger partial charge is 0.238 e. The highest BCUT2D eigenvalue weighted by atomic mass is 79.9. The molecule has 2 rings (SSSR count). The Morgan fingerprint density at radius 2 is 1.81 bits per heavy atom. The molecule has 0 heterocycles. The molecule has 0 atom stereocenters. The number of benzene rings is 2. The van der Waals surface area contributed by atoms with Crippen molar-refractivity contribution in [3.63, 3.8) is 0 Å². The summed E-state index contributed by atoms with van der Waals surface area (Å²) in [6.07, 6.45) is 0. The SMILES string of the molecule is O=C(CNCc1ccc(CO)cc1)Nc1cccc(Br)c1. The number of aliphatic hydroxyl groups excluding tert-OH is 1. The van der Waals surface area contributed by atoms with Gasteiger partial charge in [0.05, 0.1) is 13.2 Å². The molecule has 0 saturated heterocycles. The number of rotatable bonds is 6. The van der Waals surface area contributed by atoms with E-state index in [0.29, 0.717) is 6.54 Å². The molecule has 4 nitrogen and oxygen atoms in total. The number of amides is 1. The average molecular weight is 349 g/mol. The van der Waals surface area contributed by atoms with Crippen molar-refractivity contribution >= 4 is 27.5 Å². The summed E-state index contributed by atoms with van der Waals surface area (Å²) in [5.74, 6) is -0.0833. The van der Waals surface area contributed by atoms with Crippen molar-refractivity contribution in [2.75, 3.05) is 11.9 Å². The third-order valence-electron chi connectivity index (χ3n) is 2.93. The van der Waals surface area contributed by atoms with Crippen LogP contribution in [-0.4, -0.2) is 17.6 Å². The van der Waals surface area contributed by atoms with Gasteiger partial charge in [0.25, 0.3) is 0 Å². The Morgan fingerprint density at radius 3 is 2.48 bits per heavy atom. The summed E-state index contributed by atoms with van der Waals surface area (Å²) < 4.78 is 0.928. The Bertz CT molecular complexity index is 599. The Kier molecular flexibility index (Phi) is 5.92. The van der Waals surface area contributed by atoms with Gasteiger partial charge >= 0.3 is 0 Å². The van der Waals surface area contributed by atoms with Crippen molar-refractivity contribution in [3.05, 3.63) is 64.1 Å². The van der Waals surface area contributed by atoms with Crippen molar-refractivity contribution < 1.29 is 9.90 Å². The van der Waals surface area contributed by atoms with Crippen LogP contribution in [0.2, 0.25) is 0 Å². The van der Waals surface area contributed by atoms with Crippen LogP contribution in [0.15, 0.2) is 53.0 Å². The lowest BCUT2D eigenvalue weighted by Crippen LogP contribution is -2.27.